The Morgan fingerprint density at radius 3 is 2.65 bits per heavy atom. The maximum Gasteiger partial charge on any atom is 0.340 e. The van der Waals surface area contributed by atoms with Crippen LogP contribution in [0, 0.1) is 6.92 Å². The average molecular weight is 436 g/mol. The molecule has 2 N–H and O–H groups in total. The number of hydrogen-bond donors (Lipinski definition) is 1. The van der Waals surface area contributed by atoms with Gasteiger partial charge in [0.2, 0.25) is 0 Å². The molecule has 2 aromatic carbocycles. The predicted molar refractivity (Wildman–Crippen MR) is 122 cm³/mol. The van der Waals surface area contributed by atoms with Crippen LogP contribution < -0.4 is 10.6 Å². The van der Waals surface area contributed by atoms with Crippen LogP contribution in [0.15, 0.2) is 48.5 Å². The fourth-order valence-electron chi connectivity index (χ4n) is 3.62. The van der Waals surface area contributed by atoms with E-state index < -0.39 is 5.97 Å². The van der Waals surface area contributed by atoms with E-state index in [4.69, 9.17) is 15.5 Å². The van der Waals surface area contributed by atoms with E-state index in [0.29, 0.717) is 17.4 Å². The zero-order chi connectivity index (χ0) is 21.8. The van der Waals surface area contributed by atoms with Crippen LogP contribution in [0.25, 0.3) is 0 Å². The second-order valence-corrected chi connectivity index (χ2v) is 8.71. The zero-order valence-electron chi connectivity index (χ0n) is 17.5. The summed E-state index contributed by atoms with van der Waals surface area (Å²) in [7, 11) is 0. The molecular formula is C24H25N3O3S. The van der Waals surface area contributed by atoms with Crippen LogP contribution in [0.4, 0.5) is 10.8 Å². The highest BCUT2D eigenvalue weighted by Crippen LogP contribution is 2.32. The van der Waals surface area contributed by atoms with Gasteiger partial charge in [-0.25, -0.2) is 9.78 Å². The van der Waals surface area contributed by atoms with E-state index in [-0.39, 0.29) is 18.1 Å². The Labute approximate surface area is 185 Å². The third-order valence-corrected chi connectivity index (χ3v) is 6.60. The minimum atomic E-state index is -0.604. The third kappa shape index (κ3) is 4.77. The first-order valence-corrected chi connectivity index (χ1v) is 11.2. The number of rotatable bonds is 6. The van der Waals surface area contributed by atoms with Crippen LogP contribution >= 0.6 is 11.3 Å². The number of esters is 1. The van der Waals surface area contributed by atoms with Crippen LogP contribution in [0.2, 0.25) is 0 Å². The summed E-state index contributed by atoms with van der Waals surface area (Å²) in [5.41, 5.74) is 9.49. The summed E-state index contributed by atoms with van der Waals surface area (Å²) in [6, 6.07) is 14.9. The fraction of sp³-hybridized carbons (Fsp3) is 0.292. The summed E-state index contributed by atoms with van der Waals surface area (Å²) in [5, 5.41) is 0.659. The third-order valence-electron chi connectivity index (χ3n) is 5.42. The predicted octanol–water partition coefficient (Wildman–Crippen LogP) is 4.30. The Hall–Kier alpha value is -3.19. The molecule has 1 amide bonds. The molecule has 0 unspecified atom stereocenters. The maximum absolute atomic E-state index is 13.1. The normalized spacial score (nSPS) is 12.8. The number of thiazole rings is 1. The van der Waals surface area contributed by atoms with E-state index in [1.807, 2.05) is 43.3 Å². The number of aromatic nitrogens is 1. The van der Waals surface area contributed by atoms with Gasteiger partial charge in [0, 0.05) is 10.6 Å². The number of carbonyl (C=O) groups excluding carboxylic acids is 2. The molecule has 1 aliphatic rings. The van der Waals surface area contributed by atoms with Crippen molar-refractivity contribution >= 4 is 34.0 Å². The molecule has 31 heavy (non-hydrogen) atoms. The number of amides is 1. The molecular weight excluding hydrogens is 410 g/mol. The molecule has 0 atom stereocenters. The van der Waals surface area contributed by atoms with Crippen LogP contribution in [0.1, 0.15) is 44.9 Å². The molecule has 160 valence electrons. The summed E-state index contributed by atoms with van der Waals surface area (Å²) < 4.78 is 5.33. The molecule has 0 spiro atoms. The van der Waals surface area contributed by atoms with Crippen molar-refractivity contribution in [3.8, 4) is 0 Å². The van der Waals surface area contributed by atoms with Crippen molar-refractivity contribution in [1.82, 2.24) is 4.98 Å². The highest BCUT2D eigenvalue weighted by atomic mass is 32.1. The number of benzene rings is 2. The molecule has 4 rings (SSSR count). The van der Waals surface area contributed by atoms with Gasteiger partial charge < -0.3 is 10.5 Å². The van der Waals surface area contributed by atoms with Crippen LogP contribution in [-0.2, 0) is 28.9 Å². The summed E-state index contributed by atoms with van der Waals surface area (Å²) >= 11 is 1.56. The van der Waals surface area contributed by atoms with Gasteiger partial charge in [0.1, 0.15) is 0 Å². The Morgan fingerprint density at radius 2 is 1.87 bits per heavy atom. The Bertz CT molecular complexity index is 1070. The second-order valence-electron chi connectivity index (χ2n) is 7.65. The highest BCUT2D eigenvalue weighted by Gasteiger charge is 2.25. The SMILES string of the molecule is Cc1cccc(C(=O)OCC(=O)N(Cc2ccccc2)c2nc3c(s2)CCCC3)c1N. The first kappa shape index (κ1) is 21.1. The number of para-hydroxylation sites is 1. The van der Waals surface area contributed by atoms with Gasteiger partial charge in [-0.3, -0.25) is 9.69 Å². The number of fused-ring (bicyclic) bond motifs is 1. The van der Waals surface area contributed by atoms with Crippen molar-refractivity contribution < 1.29 is 14.3 Å². The Morgan fingerprint density at radius 1 is 1.10 bits per heavy atom. The Kier molecular flexibility index (Phi) is 6.32. The van der Waals surface area contributed by atoms with Gasteiger partial charge in [-0.15, -0.1) is 11.3 Å². The molecule has 1 aliphatic carbocycles. The molecule has 0 fully saturated rings. The van der Waals surface area contributed by atoms with Gasteiger partial charge in [-0.2, -0.15) is 0 Å². The van der Waals surface area contributed by atoms with Crippen molar-refractivity contribution in [2.24, 2.45) is 0 Å². The van der Waals surface area contributed by atoms with Gasteiger partial charge in [0.15, 0.2) is 11.7 Å². The number of carbonyl (C=O) groups is 2. The molecule has 1 heterocycles. The number of ether oxygens (including phenoxy) is 1. The van der Waals surface area contributed by atoms with Crippen LogP contribution in [0.5, 0.6) is 0 Å². The second kappa shape index (κ2) is 9.31. The number of aryl methyl sites for hydroxylation is 3. The molecule has 1 aromatic heterocycles. The average Bonchev–Trinajstić information content (AvgIpc) is 3.22. The molecule has 0 saturated carbocycles. The first-order valence-electron chi connectivity index (χ1n) is 10.4. The summed E-state index contributed by atoms with van der Waals surface area (Å²) in [6.45, 7) is 1.82. The minimum Gasteiger partial charge on any atom is -0.452 e. The summed E-state index contributed by atoms with van der Waals surface area (Å²) in [5.74, 6) is -0.915. The highest BCUT2D eigenvalue weighted by molar-refractivity contribution is 7.15. The number of nitrogen functional groups attached to an aromatic ring is 1. The quantitative estimate of drug-likeness (QED) is 0.461. The topological polar surface area (TPSA) is 85.5 Å². The zero-order valence-corrected chi connectivity index (χ0v) is 18.3. The number of nitrogens with two attached hydrogens (primary N) is 1. The van der Waals surface area contributed by atoms with E-state index in [2.05, 4.69) is 0 Å². The monoisotopic (exact) mass is 435 g/mol. The molecule has 0 aliphatic heterocycles. The van der Waals surface area contributed by atoms with Gasteiger partial charge in [0.05, 0.1) is 17.8 Å². The molecule has 0 bridgehead atoms. The van der Waals surface area contributed by atoms with Crippen molar-refractivity contribution in [3.63, 3.8) is 0 Å². The van der Waals surface area contributed by atoms with E-state index in [1.54, 1.807) is 28.4 Å². The summed E-state index contributed by atoms with van der Waals surface area (Å²) in [6.07, 6.45) is 4.22. The lowest BCUT2D eigenvalue weighted by atomic mass is 10.0. The van der Waals surface area contributed by atoms with Crippen molar-refractivity contribution in [1.29, 1.82) is 0 Å². The van der Waals surface area contributed by atoms with E-state index in [1.165, 1.54) is 4.88 Å². The van der Waals surface area contributed by atoms with E-state index >= 15 is 0 Å². The lowest BCUT2D eigenvalue weighted by Gasteiger charge is -2.20. The van der Waals surface area contributed by atoms with E-state index in [9.17, 15) is 9.59 Å². The number of anilines is 2. The lowest BCUT2D eigenvalue weighted by Crippen LogP contribution is -2.34. The first-order chi connectivity index (χ1) is 15.0. The Balaban J connectivity index is 1.53. The van der Waals surface area contributed by atoms with Crippen molar-refractivity contribution in [3.05, 3.63) is 75.8 Å². The molecule has 0 saturated heterocycles. The van der Waals surface area contributed by atoms with Crippen molar-refractivity contribution in [2.75, 3.05) is 17.2 Å². The van der Waals surface area contributed by atoms with E-state index in [0.717, 1.165) is 42.5 Å². The lowest BCUT2D eigenvalue weighted by molar-refractivity contribution is -0.121. The van der Waals surface area contributed by atoms with Crippen LogP contribution in [0.3, 0.4) is 0 Å². The summed E-state index contributed by atoms with van der Waals surface area (Å²) in [4.78, 5) is 33.3. The molecule has 3 aromatic rings. The van der Waals surface area contributed by atoms with Crippen LogP contribution in [-0.4, -0.2) is 23.5 Å². The largest absolute Gasteiger partial charge is 0.452 e. The molecule has 0 radical (unpaired) electrons. The van der Waals surface area contributed by atoms with Gasteiger partial charge in [0.25, 0.3) is 5.91 Å². The fourth-order valence-corrected chi connectivity index (χ4v) is 4.79. The smallest absolute Gasteiger partial charge is 0.340 e. The number of hydrogen-bond acceptors (Lipinski definition) is 6. The number of nitrogens with zero attached hydrogens (tertiary/aromatic N) is 2. The van der Waals surface area contributed by atoms with Gasteiger partial charge >= 0.3 is 5.97 Å². The molecule has 6 nitrogen and oxygen atoms in total. The molecule has 7 heteroatoms. The standard InChI is InChI=1S/C24H25N3O3S/c1-16-8-7-11-18(22(16)25)23(29)30-15-21(28)27(14-17-9-3-2-4-10-17)24-26-19-12-5-6-13-20(19)31-24/h2-4,7-11H,5-6,12-15,25H2,1H3. The minimum absolute atomic E-state index is 0.270. The van der Waals surface area contributed by atoms with Gasteiger partial charge in [-0.05, 0) is 49.8 Å². The maximum atomic E-state index is 13.1. The van der Waals surface area contributed by atoms with Crippen molar-refractivity contribution in [2.45, 2.75) is 39.2 Å². The van der Waals surface area contributed by atoms with Gasteiger partial charge in [-0.1, -0.05) is 42.5 Å².